The van der Waals surface area contributed by atoms with Crippen molar-refractivity contribution < 1.29 is 14.3 Å². The summed E-state index contributed by atoms with van der Waals surface area (Å²) in [5.41, 5.74) is 1.74. The maximum Gasteiger partial charge on any atom is 0.327 e. The molecule has 8 heteroatoms. The second-order valence-corrected chi connectivity index (χ2v) is 7.51. The summed E-state index contributed by atoms with van der Waals surface area (Å²) in [6, 6.07) is 17.0. The number of benzene rings is 3. The average molecular weight is 429 g/mol. The number of carbonyl (C=O) groups is 1. The van der Waals surface area contributed by atoms with Gasteiger partial charge in [0.05, 0.1) is 12.7 Å². The molecule has 1 aromatic heterocycles. The Kier molecular flexibility index (Phi) is 4.55. The summed E-state index contributed by atoms with van der Waals surface area (Å²) in [4.78, 5) is 41.4. The molecule has 0 aliphatic carbocycles. The van der Waals surface area contributed by atoms with Crippen molar-refractivity contribution >= 4 is 28.2 Å². The van der Waals surface area contributed by atoms with E-state index >= 15 is 0 Å². The van der Waals surface area contributed by atoms with Crippen LogP contribution in [0.1, 0.15) is 29.5 Å². The highest BCUT2D eigenvalue weighted by Gasteiger charge is 2.32. The van der Waals surface area contributed by atoms with Crippen molar-refractivity contribution in [3.8, 4) is 11.5 Å². The highest BCUT2D eigenvalue weighted by atomic mass is 16.6. The van der Waals surface area contributed by atoms with Crippen molar-refractivity contribution in [1.29, 1.82) is 0 Å². The summed E-state index contributed by atoms with van der Waals surface area (Å²) < 4.78 is 10.7. The number of ether oxygens (including phenoxy) is 2. The Morgan fingerprint density at radius 1 is 0.938 bits per heavy atom. The molecule has 1 atom stereocenters. The van der Waals surface area contributed by atoms with Crippen LogP contribution in [0.2, 0.25) is 0 Å². The van der Waals surface area contributed by atoms with Gasteiger partial charge in [0.15, 0.2) is 11.5 Å². The van der Waals surface area contributed by atoms with Gasteiger partial charge in [0.25, 0.3) is 5.56 Å². The van der Waals surface area contributed by atoms with E-state index in [-0.39, 0.29) is 5.75 Å². The molecule has 32 heavy (non-hydrogen) atoms. The lowest BCUT2D eigenvalue weighted by molar-refractivity contribution is -0.132. The molecule has 0 unspecified atom stereocenters. The highest BCUT2D eigenvalue weighted by molar-refractivity contribution is 5.94. The first-order chi connectivity index (χ1) is 15.5. The predicted octanol–water partition coefficient (Wildman–Crippen LogP) is 3.39. The molecule has 0 spiro atoms. The third-order valence-corrected chi connectivity index (χ3v) is 5.56. The second kappa shape index (κ2) is 7.42. The Morgan fingerprint density at radius 2 is 1.75 bits per heavy atom. The third-order valence-electron chi connectivity index (χ3n) is 5.56. The summed E-state index contributed by atoms with van der Waals surface area (Å²) in [6.45, 7) is 1.31. The zero-order valence-corrected chi connectivity index (χ0v) is 17.3. The molecular formula is C24H19N3O5. The van der Waals surface area contributed by atoms with Gasteiger partial charge in [0.2, 0.25) is 0 Å². The molecule has 0 bridgehead atoms. The second-order valence-electron chi connectivity index (χ2n) is 7.51. The van der Waals surface area contributed by atoms with Crippen LogP contribution in [0.5, 0.6) is 11.5 Å². The van der Waals surface area contributed by atoms with E-state index < -0.39 is 23.1 Å². The highest BCUT2D eigenvalue weighted by Crippen LogP contribution is 2.46. The van der Waals surface area contributed by atoms with Crippen LogP contribution >= 0.6 is 0 Å². The molecule has 2 heterocycles. The molecule has 3 N–H and O–H groups in total. The first-order valence-corrected chi connectivity index (χ1v) is 9.98. The molecule has 0 amide bonds. The number of fused-ring (bicyclic) bond motifs is 4. The number of methoxy groups -OCH3 is 1. The van der Waals surface area contributed by atoms with Gasteiger partial charge in [-0.2, -0.15) is 0 Å². The summed E-state index contributed by atoms with van der Waals surface area (Å²) in [5.74, 6) is 0.0169. The van der Waals surface area contributed by atoms with Gasteiger partial charge in [-0.3, -0.25) is 19.6 Å². The molecule has 1 aliphatic rings. The number of rotatable bonds is 3. The first kappa shape index (κ1) is 19.6. The van der Waals surface area contributed by atoms with Crippen molar-refractivity contribution in [1.82, 2.24) is 9.97 Å². The summed E-state index contributed by atoms with van der Waals surface area (Å²) >= 11 is 0. The standard InChI is InChI=1S/C24H19N3O5/c1-12(28)32-17-10-8-14(11-18(17)31-2)19-20-15-6-4-3-5-13(15)7-9-16(20)25-22-21(19)23(29)27-24(30)26-22/h3-11,19H,1-2H3,(H3,25,26,27,29,30)/t19-/m1/s1. The quantitative estimate of drug-likeness (QED) is 0.299. The van der Waals surface area contributed by atoms with Gasteiger partial charge in [-0.05, 0) is 40.1 Å². The van der Waals surface area contributed by atoms with E-state index in [2.05, 4.69) is 15.3 Å². The zero-order valence-electron chi connectivity index (χ0n) is 17.3. The Morgan fingerprint density at radius 3 is 2.53 bits per heavy atom. The van der Waals surface area contributed by atoms with E-state index in [1.54, 1.807) is 18.2 Å². The molecule has 0 fully saturated rings. The lowest BCUT2D eigenvalue weighted by Crippen LogP contribution is -2.32. The molecular weight excluding hydrogens is 410 g/mol. The fourth-order valence-corrected chi connectivity index (χ4v) is 4.30. The molecule has 1 aliphatic heterocycles. The van der Waals surface area contributed by atoms with Crippen LogP contribution in [-0.2, 0) is 4.79 Å². The topological polar surface area (TPSA) is 113 Å². The number of H-pyrrole nitrogens is 2. The van der Waals surface area contributed by atoms with Crippen LogP contribution < -0.4 is 26.0 Å². The minimum absolute atomic E-state index is 0.284. The molecule has 160 valence electrons. The number of anilines is 2. The van der Waals surface area contributed by atoms with Crippen LogP contribution in [0.3, 0.4) is 0 Å². The monoisotopic (exact) mass is 429 g/mol. The largest absolute Gasteiger partial charge is 0.493 e. The van der Waals surface area contributed by atoms with E-state index in [1.807, 2.05) is 36.4 Å². The van der Waals surface area contributed by atoms with Gasteiger partial charge in [-0.15, -0.1) is 0 Å². The maximum absolute atomic E-state index is 13.0. The summed E-state index contributed by atoms with van der Waals surface area (Å²) in [6.07, 6.45) is 0. The molecule has 3 aromatic carbocycles. The predicted molar refractivity (Wildman–Crippen MR) is 120 cm³/mol. The maximum atomic E-state index is 13.0. The summed E-state index contributed by atoms with van der Waals surface area (Å²) in [5, 5.41) is 5.20. The Labute approximate surface area is 181 Å². The van der Waals surface area contributed by atoms with E-state index in [0.29, 0.717) is 17.1 Å². The summed E-state index contributed by atoms with van der Waals surface area (Å²) in [7, 11) is 1.48. The number of hydrogen-bond acceptors (Lipinski definition) is 6. The van der Waals surface area contributed by atoms with Crippen molar-refractivity contribution in [3.05, 3.63) is 92.1 Å². The lowest BCUT2D eigenvalue weighted by Gasteiger charge is -2.30. The number of aromatic amines is 2. The van der Waals surface area contributed by atoms with Gasteiger partial charge >= 0.3 is 11.7 Å². The number of nitrogens with one attached hydrogen (secondary N) is 3. The fourth-order valence-electron chi connectivity index (χ4n) is 4.30. The number of carbonyl (C=O) groups excluding carboxylic acids is 1. The van der Waals surface area contributed by atoms with Gasteiger partial charge in [-0.1, -0.05) is 36.4 Å². The van der Waals surface area contributed by atoms with Gasteiger partial charge < -0.3 is 14.8 Å². The molecule has 4 aromatic rings. The van der Waals surface area contributed by atoms with Gasteiger partial charge in [-0.25, -0.2) is 4.79 Å². The Hall–Kier alpha value is -4.33. The smallest absolute Gasteiger partial charge is 0.327 e. The van der Waals surface area contributed by atoms with Gasteiger partial charge in [0.1, 0.15) is 5.82 Å². The van der Waals surface area contributed by atoms with Crippen molar-refractivity contribution in [2.75, 3.05) is 12.4 Å². The Balaban J connectivity index is 1.82. The van der Waals surface area contributed by atoms with Crippen LogP contribution in [0, 0.1) is 0 Å². The van der Waals surface area contributed by atoms with E-state index in [4.69, 9.17) is 9.47 Å². The van der Waals surface area contributed by atoms with Crippen LogP contribution in [0.4, 0.5) is 11.5 Å². The molecule has 5 rings (SSSR count). The lowest BCUT2D eigenvalue weighted by atomic mass is 9.80. The molecule has 0 radical (unpaired) electrons. The molecule has 0 saturated heterocycles. The SMILES string of the molecule is COc1cc([C@H]2c3c([nH]c(=O)[nH]c3=O)Nc3ccc4ccccc4c32)ccc1OC(C)=O. The molecule has 8 nitrogen and oxygen atoms in total. The number of esters is 1. The van der Waals surface area contributed by atoms with Crippen LogP contribution in [-0.4, -0.2) is 23.0 Å². The van der Waals surface area contributed by atoms with Gasteiger partial charge in [0, 0.05) is 18.5 Å². The first-order valence-electron chi connectivity index (χ1n) is 9.98. The van der Waals surface area contributed by atoms with E-state index in [9.17, 15) is 14.4 Å². The minimum atomic E-state index is -0.591. The van der Waals surface area contributed by atoms with Crippen molar-refractivity contribution in [2.24, 2.45) is 0 Å². The zero-order chi connectivity index (χ0) is 22.4. The third kappa shape index (κ3) is 3.13. The minimum Gasteiger partial charge on any atom is -0.493 e. The normalized spacial score (nSPS) is 14.2. The van der Waals surface area contributed by atoms with Crippen LogP contribution in [0.15, 0.2) is 64.2 Å². The Bertz CT molecular complexity index is 1500. The van der Waals surface area contributed by atoms with Crippen LogP contribution in [0.25, 0.3) is 10.8 Å². The molecule has 0 saturated carbocycles. The number of hydrogen-bond donors (Lipinski definition) is 3. The van der Waals surface area contributed by atoms with E-state index in [0.717, 1.165) is 27.6 Å². The van der Waals surface area contributed by atoms with Crippen molar-refractivity contribution in [3.63, 3.8) is 0 Å². The fraction of sp³-hybridized carbons (Fsp3) is 0.125. The van der Waals surface area contributed by atoms with Crippen molar-refractivity contribution in [2.45, 2.75) is 12.8 Å². The number of aromatic nitrogens is 2. The van der Waals surface area contributed by atoms with E-state index in [1.165, 1.54) is 14.0 Å². The average Bonchev–Trinajstić information content (AvgIpc) is 2.77.